The first kappa shape index (κ1) is 21.6. The molecule has 1 aliphatic heterocycles. The van der Waals surface area contributed by atoms with Crippen molar-refractivity contribution >= 4 is 23.3 Å². The summed E-state index contributed by atoms with van der Waals surface area (Å²) < 4.78 is 14.7. The van der Waals surface area contributed by atoms with Crippen LogP contribution in [0.2, 0.25) is 0 Å². The predicted molar refractivity (Wildman–Crippen MR) is 127 cm³/mol. The number of halogens is 1. The molecule has 4 aliphatic rings. The average Bonchev–Trinajstić information content (AvgIpc) is 3.75. The Hall–Kier alpha value is -2.93. The molecule has 3 fully saturated rings. The maximum atomic E-state index is 14.7. The molecule has 2 saturated carbocycles. The Bertz CT molecular complexity index is 1180. The van der Waals surface area contributed by atoms with Crippen molar-refractivity contribution in [2.75, 3.05) is 31.1 Å². The molecule has 34 heavy (non-hydrogen) atoms. The van der Waals surface area contributed by atoms with E-state index in [-0.39, 0.29) is 17.3 Å². The van der Waals surface area contributed by atoms with Gasteiger partial charge in [-0.2, -0.15) is 4.39 Å². The van der Waals surface area contributed by atoms with Gasteiger partial charge in [0.25, 0.3) is 0 Å². The first-order chi connectivity index (χ1) is 16.5. The number of Topliss-reactive ketones (excluding diaryl/α,β-unsaturated/α-hetero) is 2. The van der Waals surface area contributed by atoms with Gasteiger partial charge in [0.05, 0.1) is 11.4 Å². The fourth-order valence-corrected chi connectivity index (χ4v) is 5.08. The fourth-order valence-electron chi connectivity index (χ4n) is 5.08. The zero-order valence-corrected chi connectivity index (χ0v) is 19.3. The van der Waals surface area contributed by atoms with Crippen LogP contribution in [-0.2, 0) is 17.8 Å². The average molecular weight is 461 g/mol. The lowest BCUT2D eigenvalue weighted by Crippen LogP contribution is -2.46. The largest absolute Gasteiger partial charge is 0.365 e. The number of nitrogens with zero attached hydrogens (tertiary/aromatic N) is 4. The second kappa shape index (κ2) is 8.69. The van der Waals surface area contributed by atoms with Gasteiger partial charge in [0.15, 0.2) is 11.6 Å². The van der Waals surface area contributed by atoms with Crippen LogP contribution in [0, 0.1) is 17.8 Å². The summed E-state index contributed by atoms with van der Waals surface area (Å²) in [5.41, 5.74) is 4.74. The van der Waals surface area contributed by atoms with E-state index in [1.165, 1.54) is 0 Å². The van der Waals surface area contributed by atoms with Crippen molar-refractivity contribution in [3.8, 4) is 0 Å². The first-order valence-corrected chi connectivity index (χ1v) is 12.4. The van der Waals surface area contributed by atoms with E-state index >= 15 is 0 Å². The SMILES string of the molecule is O=C1Cc2cc(CN3CCN(c4ccc(C(=O)CC5CC5)nc4F)CC3)cnc2C=C1C1CC1. The van der Waals surface area contributed by atoms with Crippen molar-refractivity contribution in [1.82, 2.24) is 14.9 Å². The number of carbonyl (C=O) groups is 2. The molecule has 1 saturated heterocycles. The predicted octanol–water partition coefficient (Wildman–Crippen LogP) is 3.84. The summed E-state index contributed by atoms with van der Waals surface area (Å²) in [6, 6.07) is 5.48. The Morgan fingerprint density at radius 1 is 1.09 bits per heavy atom. The minimum atomic E-state index is -0.558. The van der Waals surface area contributed by atoms with Gasteiger partial charge < -0.3 is 4.90 Å². The van der Waals surface area contributed by atoms with E-state index in [0.29, 0.717) is 43.5 Å². The second-order valence-electron chi connectivity index (χ2n) is 10.2. The highest BCUT2D eigenvalue weighted by molar-refractivity contribution is 6.04. The second-order valence-corrected chi connectivity index (χ2v) is 10.2. The van der Waals surface area contributed by atoms with E-state index in [1.54, 1.807) is 12.1 Å². The third-order valence-corrected chi connectivity index (χ3v) is 7.45. The summed E-state index contributed by atoms with van der Waals surface area (Å²) >= 11 is 0. The Kier molecular flexibility index (Phi) is 5.52. The molecule has 0 amide bonds. The molecule has 7 heteroatoms. The van der Waals surface area contributed by atoms with Gasteiger partial charge in [-0.3, -0.25) is 19.5 Å². The Morgan fingerprint density at radius 2 is 1.88 bits per heavy atom. The highest BCUT2D eigenvalue weighted by atomic mass is 19.1. The number of fused-ring (bicyclic) bond motifs is 1. The number of rotatable bonds is 7. The standard InChI is InChI=1S/C27H29FN4O2/c28-27-24(6-5-22(30-27)26(34)12-17-1-2-17)32-9-7-31(8-10-32)16-18-11-20-13-25(33)21(19-3-4-19)14-23(20)29-15-18/h5-6,11,14-15,17,19H,1-4,7-10,12-13,16H2. The van der Waals surface area contributed by atoms with Gasteiger partial charge in [-0.1, -0.05) is 6.07 Å². The molecule has 0 atom stereocenters. The zero-order valence-electron chi connectivity index (χ0n) is 19.3. The minimum Gasteiger partial charge on any atom is -0.365 e. The summed E-state index contributed by atoms with van der Waals surface area (Å²) in [5.74, 6) is 0.554. The number of hydrogen-bond acceptors (Lipinski definition) is 6. The summed E-state index contributed by atoms with van der Waals surface area (Å²) in [6.45, 7) is 3.74. The molecule has 0 unspecified atom stereocenters. The molecule has 6 rings (SSSR count). The molecule has 2 aromatic heterocycles. The number of aromatic nitrogens is 2. The van der Waals surface area contributed by atoms with Crippen molar-refractivity contribution in [3.63, 3.8) is 0 Å². The molecule has 3 heterocycles. The molecule has 6 nitrogen and oxygen atoms in total. The van der Waals surface area contributed by atoms with Crippen molar-refractivity contribution < 1.29 is 14.0 Å². The lowest BCUT2D eigenvalue weighted by atomic mass is 9.91. The first-order valence-electron chi connectivity index (χ1n) is 12.4. The smallest absolute Gasteiger partial charge is 0.237 e. The van der Waals surface area contributed by atoms with E-state index in [0.717, 1.165) is 67.7 Å². The van der Waals surface area contributed by atoms with Gasteiger partial charge in [0.1, 0.15) is 5.69 Å². The number of piperazine rings is 1. The number of hydrogen-bond donors (Lipinski definition) is 0. The summed E-state index contributed by atoms with van der Waals surface area (Å²) in [6.07, 6.45) is 9.28. The van der Waals surface area contributed by atoms with E-state index < -0.39 is 5.95 Å². The highest BCUT2D eigenvalue weighted by Crippen LogP contribution is 2.40. The molecular formula is C27H29FN4O2. The van der Waals surface area contributed by atoms with Gasteiger partial charge in [-0.05, 0) is 66.9 Å². The monoisotopic (exact) mass is 460 g/mol. The lowest BCUT2D eigenvalue weighted by Gasteiger charge is -2.36. The summed E-state index contributed by atoms with van der Waals surface area (Å²) in [7, 11) is 0. The number of carbonyl (C=O) groups excluding carboxylic acids is 2. The third-order valence-electron chi connectivity index (χ3n) is 7.45. The zero-order chi connectivity index (χ0) is 23.2. The van der Waals surface area contributed by atoms with Gasteiger partial charge in [0, 0.05) is 57.3 Å². The summed E-state index contributed by atoms with van der Waals surface area (Å²) in [4.78, 5) is 37.7. The maximum Gasteiger partial charge on any atom is 0.237 e. The molecule has 2 aromatic rings. The highest BCUT2D eigenvalue weighted by Gasteiger charge is 2.33. The fraction of sp³-hybridized carbons (Fsp3) is 0.481. The van der Waals surface area contributed by atoms with Gasteiger partial charge in [-0.25, -0.2) is 4.98 Å². The van der Waals surface area contributed by atoms with Crippen LogP contribution in [-0.4, -0.2) is 52.6 Å². The lowest BCUT2D eigenvalue weighted by molar-refractivity contribution is -0.115. The molecule has 0 N–H and O–H groups in total. The number of pyridine rings is 2. The number of anilines is 1. The molecule has 0 radical (unpaired) electrons. The van der Waals surface area contributed by atoms with Crippen LogP contribution < -0.4 is 4.90 Å². The van der Waals surface area contributed by atoms with Crippen molar-refractivity contribution in [2.45, 2.75) is 45.1 Å². The van der Waals surface area contributed by atoms with Crippen LogP contribution in [0.3, 0.4) is 0 Å². The topological polar surface area (TPSA) is 66.4 Å². The molecule has 3 aliphatic carbocycles. The van der Waals surface area contributed by atoms with Gasteiger partial charge in [-0.15, -0.1) is 0 Å². The Balaban J connectivity index is 1.07. The van der Waals surface area contributed by atoms with Crippen LogP contribution in [0.5, 0.6) is 0 Å². The molecule has 176 valence electrons. The minimum absolute atomic E-state index is 0.0580. The summed E-state index contributed by atoms with van der Waals surface area (Å²) in [5, 5.41) is 0. The van der Waals surface area contributed by atoms with Crippen LogP contribution in [0.15, 0.2) is 30.0 Å². The van der Waals surface area contributed by atoms with Crippen molar-refractivity contribution in [1.29, 1.82) is 0 Å². The molecule has 0 aromatic carbocycles. The van der Waals surface area contributed by atoms with E-state index in [4.69, 9.17) is 0 Å². The maximum absolute atomic E-state index is 14.7. The van der Waals surface area contributed by atoms with Crippen molar-refractivity contribution in [2.24, 2.45) is 11.8 Å². The van der Waals surface area contributed by atoms with Crippen molar-refractivity contribution in [3.05, 3.63) is 58.4 Å². The number of ketones is 2. The van der Waals surface area contributed by atoms with E-state index in [9.17, 15) is 14.0 Å². The normalized spacial score (nSPS) is 20.8. The van der Waals surface area contributed by atoms with Crippen LogP contribution in [0.1, 0.15) is 59.4 Å². The van der Waals surface area contributed by atoms with E-state index in [2.05, 4.69) is 20.9 Å². The van der Waals surface area contributed by atoms with Crippen LogP contribution >= 0.6 is 0 Å². The Labute approximate surface area is 198 Å². The van der Waals surface area contributed by atoms with E-state index in [1.807, 2.05) is 17.2 Å². The van der Waals surface area contributed by atoms with Gasteiger partial charge in [0.2, 0.25) is 5.95 Å². The number of allylic oxidation sites excluding steroid dienone is 1. The van der Waals surface area contributed by atoms with Crippen LogP contribution in [0.25, 0.3) is 6.08 Å². The quantitative estimate of drug-likeness (QED) is 0.462. The van der Waals surface area contributed by atoms with Gasteiger partial charge >= 0.3 is 0 Å². The Morgan fingerprint density at radius 3 is 2.59 bits per heavy atom. The molecule has 0 bridgehead atoms. The molecule has 0 spiro atoms. The van der Waals surface area contributed by atoms with Crippen LogP contribution in [0.4, 0.5) is 10.1 Å². The third kappa shape index (κ3) is 4.53. The molecular weight excluding hydrogens is 431 g/mol.